The van der Waals surface area contributed by atoms with Crippen LogP contribution in [0.15, 0.2) is 18.5 Å². The highest BCUT2D eigenvalue weighted by molar-refractivity contribution is 6.31. The van der Waals surface area contributed by atoms with E-state index in [1.165, 1.54) is 24.2 Å². The number of pyridine rings is 1. The van der Waals surface area contributed by atoms with Gasteiger partial charge in [-0.1, -0.05) is 11.6 Å². The first-order valence-corrected chi connectivity index (χ1v) is 6.49. The Kier molecular flexibility index (Phi) is 3.06. The lowest BCUT2D eigenvalue weighted by Crippen LogP contribution is -2.08. The first kappa shape index (κ1) is 11.7. The maximum absolute atomic E-state index is 9.21. The van der Waals surface area contributed by atoms with Crippen LogP contribution in [0.25, 0.3) is 5.82 Å². The van der Waals surface area contributed by atoms with Crippen LogP contribution in [0.5, 0.6) is 0 Å². The average Bonchev–Trinajstić information content (AvgIpc) is 2.83. The molecule has 5 heteroatoms. The minimum atomic E-state index is -0.149. The van der Waals surface area contributed by atoms with Crippen molar-refractivity contribution in [3.05, 3.63) is 40.6 Å². The number of fused-ring (bicyclic) bond motifs is 1. The number of aliphatic hydroxyl groups is 1. The molecule has 2 aromatic rings. The molecule has 0 aromatic carbocycles. The number of nitrogens with zero attached hydrogens (tertiary/aromatic N) is 3. The van der Waals surface area contributed by atoms with Crippen LogP contribution in [0.1, 0.15) is 29.9 Å². The summed E-state index contributed by atoms with van der Waals surface area (Å²) < 4.78 is 2.00. The Morgan fingerprint density at radius 2 is 2.11 bits per heavy atom. The number of aryl methyl sites for hydroxylation is 1. The molecule has 2 heterocycles. The van der Waals surface area contributed by atoms with Crippen LogP contribution in [0.4, 0.5) is 0 Å². The molecule has 0 bridgehead atoms. The van der Waals surface area contributed by atoms with Crippen molar-refractivity contribution in [1.29, 1.82) is 0 Å². The van der Waals surface area contributed by atoms with E-state index in [0.29, 0.717) is 10.7 Å². The summed E-state index contributed by atoms with van der Waals surface area (Å²) in [6.07, 6.45) is 6.29. The van der Waals surface area contributed by atoms with Crippen LogP contribution in [0, 0.1) is 0 Å². The van der Waals surface area contributed by atoms with Crippen molar-refractivity contribution in [2.24, 2.45) is 0 Å². The van der Waals surface area contributed by atoms with Crippen molar-refractivity contribution in [3.63, 3.8) is 0 Å². The van der Waals surface area contributed by atoms with E-state index >= 15 is 0 Å². The second-order valence-electron chi connectivity index (χ2n) is 4.47. The summed E-state index contributed by atoms with van der Waals surface area (Å²) in [7, 11) is 0. The van der Waals surface area contributed by atoms with Gasteiger partial charge in [0.05, 0.1) is 23.0 Å². The first-order chi connectivity index (χ1) is 8.79. The molecule has 4 nitrogen and oxygen atoms in total. The van der Waals surface area contributed by atoms with Crippen molar-refractivity contribution in [3.8, 4) is 5.82 Å². The third kappa shape index (κ3) is 1.91. The number of aliphatic hydroxyl groups excluding tert-OH is 1. The molecule has 0 amide bonds. The molecule has 0 fully saturated rings. The van der Waals surface area contributed by atoms with Gasteiger partial charge in [0.25, 0.3) is 0 Å². The summed E-state index contributed by atoms with van der Waals surface area (Å²) in [5, 5.41) is 9.70. The standard InChI is InChI=1S/C13H14ClN3O/c14-9-5-6-13(16-11(9)7-18)17-8-15-10-3-1-2-4-12(10)17/h5-6,8,18H,1-4,7H2. The lowest BCUT2D eigenvalue weighted by molar-refractivity contribution is 0.277. The number of imidazole rings is 1. The summed E-state index contributed by atoms with van der Waals surface area (Å²) >= 11 is 5.95. The SMILES string of the molecule is OCc1nc(-n2cnc3c2CCCC3)ccc1Cl. The summed E-state index contributed by atoms with van der Waals surface area (Å²) in [5.74, 6) is 0.777. The molecule has 0 radical (unpaired) electrons. The third-order valence-corrected chi connectivity index (χ3v) is 3.67. The molecule has 3 rings (SSSR count). The highest BCUT2D eigenvalue weighted by Crippen LogP contribution is 2.23. The Morgan fingerprint density at radius 3 is 2.94 bits per heavy atom. The first-order valence-electron chi connectivity index (χ1n) is 6.11. The van der Waals surface area contributed by atoms with Crippen molar-refractivity contribution >= 4 is 11.6 Å². The van der Waals surface area contributed by atoms with E-state index in [1.54, 1.807) is 6.07 Å². The van der Waals surface area contributed by atoms with Crippen molar-refractivity contribution in [2.45, 2.75) is 32.3 Å². The molecular weight excluding hydrogens is 250 g/mol. The van der Waals surface area contributed by atoms with Crippen LogP contribution in [0.3, 0.4) is 0 Å². The zero-order chi connectivity index (χ0) is 12.5. The van der Waals surface area contributed by atoms with E-state index in [-0.39, 0.29) is 6.61 Å². The quantitative estimate of drug-likeness (QED) is 0.904. The minimum Gasteiger partial charge on any atom is -0.390 e. The van der Waals surface area contributed by atoms with Gasteiger partial charge in [-0.3, -0.25) is 4.57 Å². The van der Waals surface area contributed by atoms with Gasteiger partial charge in [0, 0.05) is 5.69 Å². The van der Waals surface area contributed by atoms with Crippen LogP contribution in [0.2, 0.25) is 5.02 Å². The fraction of sp³-hybridized carbons (Fsp3) is 0.385. The Labute approximate surface area is 110 Å². The summed E-state index contributed by atoms with van der Waals surface area (Å²) in [6, 6.07) is 3.63. The highest BCUT2D eigenvalue weighted by atomic mass is 35.5. The summed E-state index contributed by atoms with van der Waals surface area (Å²) in [4.78, 5) is 8.82. The van der Waals surface area contributed by atoms with Gasteiger partial charge < -0.3 is 5.11 Å². The third-order valence-electron chi connectivity index (χ3n) is 3.33. The smallest absolute Gasteiger partial charge is 0.138 e. The molecule has 0 spiro atoms. The maximum atomic E-state index is 9.21. The van der Waals surface area contributed by atoms with Gasteiger partial charge in [-0.05, 0) is 37.8 Å². The summed E-state index contributed by atoms with van der Waals surface area (Å²) in [5.41, 5.74) is 2.91. The fourth-order valence-electron chi connectivity index (χ4n) is 2.38. The van der Waals surface area contributed by atoms with Crippen molar-refractivity contribution in [2.75, 3.05) is 0 Å². The number of hydrogen-bond donors (Lipinski definition) is 1. The van der Waals surface area contributed by atoms with E-state index in [0.717, 1.165) is 18.7 Å². The van der Waals surface area contributed by atoms with Gasteiger partial charge in [0.2, 0.25) is 0 Å². The summed E-state index contributed by atoms with van der Waals surface area (Å²) in [6.45, 7) is -0.149. The van der Waals surface area contributed by atoms with Gasteiger partial charge >= 0.3 is 0 Å². The molecule has 0 atom stereocenters. The van der Waals surface area contributed by atoms with Crippen LogP contribution in [-0.2, 0) is 19.4 Å². The van der Waals surface area contributed by atoms with Gasteiger partial charge in [-0.25, -0.2) is 9.97 Å². The molecule has 94 valence electrons. The maximum Gasteiger partial charge on any atom is 0.138 e. The minimum absolute atomic E-state index is 0.149. The van der Waals surface area contributed by atoms with Gasteiger partial charge in [0.1, 0.15) is 12.1 Å². The second kappa shape index (κ2) is 4.71. The second-order valence-corrected chi connectivity index (χ2v) is 4.88. The van der Waals surface area contributed by atoms with E-state index in [9.17, 15) is 5.11 Å². The van der Waals surface area contributed by atoms with Gasteiger partial charge in [0.15, 0.2) is 0 Å². The molecule has 0 saturated heterocycles. The largest absolute Gasteiger partial charge is 0.390 e. The van der Waals surface area contributed by atoms with Gasteiger partial charge in [-0.2, -0.15) is 0 Å². The van der Waals surface area contributed by atoms with Crippen molar-refractivity contribution < 1.29 is 5.11 Å². The lowest BCUT2D eigenvalue weighted by Gasteiger charge is -2.14. The predicted molar refractivity (Wildman–Crippen MR) is 68.9 cm³/mol. The molecule has 18 heavy (non-hydrogen) atoms. The van der Waals surface area contributed by atoms with Crippen LogP contribution >= 0.6 is 11.6 Å². The topological polar surface area (TPSA) is 50.9 Å². The number of halogens is 1. The molecule has 2 aromatic heterocycles. The Bertz CT molecular complexity index is 580. The molecule has 0 aliphatic heterocycles. The number of hydrogen-bond acceptors (Lipinski definition) is 3. The van der Waals surface area contributed by atoms with Crippen LogP contribution in [-0.4, -0.2) is 19.6 Å². The van der Waals surface area contributed by atoms with E-state index in [4.69, 9.17) is 11.6 Å². The van der Waals surface area contributed by atoms with Gasteiger partial charge in [-0.15, -0.1) is 0 Å². The number of rotatable bonds is 2. The molecular formula is C13H14ClN3O. The Balaban J connectivity index is 2.07. The Hall–Kier alpha value is -1.39. The molecule has 1 N–H and O–H groups in total. The normalized spacial score (nSPS) is 14.6. The molecule has 0 saturated carbocycles. The predicted octanol–water partition coefficient (Wildman–Crippen LogP) is 2.29. The molecule has 1 aliphatic carbocycles. The lowest BCUT2D eigenvalue weighted by atomic mass is 10.0. The van der Waals surface area contributed by atoms with E-state index < -0.39 is 0 Å². The number of aromatic nitrogens is 3. The molecule has 1 aliphatic rings. The highest BCUT2D eigenvalue weighted by Gasteiger charge is 2.17. The molecule has 0 unspecified atom stereocenters. The van der Waals surface area contributed by atoms with Crippen LogP contribution < -0.4 is 0 Å². The average molecular weight is 264 g/mol. The zero-order valence-electron chi connectivity index (χ0n) is 9.93. The fourth-order valence-corrected chi connectivity index (χ4v) is 2.55. The monoisotopic (exact) mass is 263 g/mol. The van der Waals surface area contributed by atoms with E-state index in [2.05, 4.69) is 9.97 Å². The Morgan fingerprint density at radius 1 is 1.28 bits per heavy atom. The van der Waals surface area contributed by atoms with E-state index in [1.807, 2.05) is 17.0 Å². The zero-order valence-corrected chi connectivity index (χ0v) is 10.7. The van der Waals surface area contributed by atoms with Crippen molar-refractivity contribution in [1.82, 2.24) is 14.5 Å².